The fourth-order valence-electron chi connectivity index (χ4n) is 5.06. The SMILES string of the molecule is Cc1ccc(-c2nn(C(C)C)c3c2CCc2nc(CC(=O)CC4CN(C)CCN4C)sc2-3)cn1. The number of likely N-dealkylation sites (N-methyl/N-ethyl adjacent to an activating group) is 2. The predicted molar refractivity (Wildman–Crippen MR) is 136 cm³/mol. The van der Waals surface area contributed by atoms with Gasteiger partial charge in [0.2, 0.25) is 0 Å². The van der Waals surface area contributed by atoms with Gasteiger partial charge in [0.1, 0.15) is 10.8 Å². The van der Waals surface area contributed by atoms with Gasteiger partial charge in [0, 0.05) is 61.2 Å². The molecule has 0 bridgehead atoms. The van der Waals surface area contributed by atoms with Crippen LogP contribution in [0.2, 0.25) is 0 Å². The van der Waals surface area contributed by atoms with E-state index in [1.54, 1.807) is 11.3 Å². The van der Waals surface area contributed by atoms with Crippen molar-refractivity contribution in [2.24, 2.45) is 0 Å². The third-order valence-electron chi connectivity index (χ3n) is 7.04. The molecule has 180 valence electrons. The lowest BCUT2D eigenvalue weighted by molar-refractivity contribution is -0.120. The monoisotopic (exact) mass is 478 g/mol. The van der Waals surface area contributed by atoms with Crippen LogP contribution in [-0.2, 0) is 24.1 Å². The minimum atomic E-state index is 0.234. The topological polar surface area (TPSA) is 67.2 Å². The summed E-state index contributed by atoms with van der Waals surface area (Å²) in [7, 11) is 4.26. The maximum Gasteiger partial charge on any atom is 0.141 e. The first-order valence-corrected chi connectivity index (χ1v) is 13.1. The Hall–Kier alpha value is -2.42. The standard InChI is InChI=1S/C26H34N6OS/c1-16(2)32-25-21(24(29-32)18-7-6-17(3)27-14-18)8-9-22-26(25)34-23(28-22)13-20(33)12-19-15-30(4)10-11-31(19)5/h6-7,14,16,19H,8-13,15H2,1-5H3. The summed E-state index contributed by atoms with van der Waals surface area (Å²) >= 11 is 1.68. The highest BCUT2D eigenvalue weighted by Crippen LogP contribution is 2.43. The zero-order valence-electron chi connectivity index (χ0n) is 20.8. The second-order valence-electron chi connectivity index (χ2n) is 10.1. The molecule has 0 spiro atoms. The van der Waals surface area contributed by atoms with Crippen LogP contribution >= 0.6 is 11.3 Å². The second-order valence-corrected chi connectivity index (χ2v) is 11.2. The Bertz CT molecular complexity index is 1190. The molecule has 1 atom stereocenters. The van der Waals surface area contributed by atoms with Crippen LogP contribution in [0.4, 0.5) is 0 Å². The molecule has 8 heteroatoms. The molecule has 4 heterocycles. The van der Waals surface area contributed by atoms with Crippen molar-refractivity contribution in [3.8, 4) is 21.8 Å². The molecule has 1 aliphatic carbocycles. The summed E-state index contributed by atoms with van der Waals surface area (Å²) in [6.07, 6.45) is 4.74. The van der Waals surface area contributed by atoms with Crippen molar-refractivity contribution in [2.75, 3.05) is 33.7 Å². The average molecular weight is 479 g/mol. The summed E-state index contributed by atoms with van der Waals surface area (Å²) in [5.41, 5.74) is 6.66. The highest BCUT2D eigenvalue weighted by molar-refractivity contribution is 7.15. The quantitative estimate of drug-likeness (QED) is 0.537. The minimum absolute atomic E-state index is 0.234. The van der Waals surface area contributed by atoms with Crippen LogP contribution in [0, 0.1) is 6.92 Å². The molecule has 2 aliphatic rings. The van der Waals surface area contributed by atoms with Crippen molar-refractivity contribution in [2.45, 2.75) is 58.5 Å². The van der Waals surface area contributed by atoms with Crippen LogP contribution in [0.5, 0.6) is 0 Å². The summed E-state index contributed by atoms with van der Waals surface area (Å²) in [4.78, 5) is 28.2. The van der Waals surface area contributed by atoms with Gasteiger partial charge < -0.3 is 9.80 Å². The van der Waals surface area contributed by atoms with E-state index in [0.717, 1.165) is 60.1 Å². The van der Waals surface area contributed by atoms with E-state index < -0.39 is 0 Å². The van der Waals surface area contributed by atoms with Gasteiger partial charge >= 0.3 is 0 Å². The summed E-state index contributed by atoms with van der Waals surface area (Å²) in [6, 6.07) is 4.68. The smallest absolute Gasteiger partial charge is 0.141 e. The van der Waals surface area contributed by atoms with Crippen molar-refractivity contribution in [1.29, 1.82) is 0 Å². The van der Waals surface area contributed by atoms with Gasteiger partial charge in [-0.1, -0.05) is 0 Å². The minimum Gasteiger partial charge on any atom is -0.304 e. The number of aryl methyl sites for hydroxylation is 2. The first-order chi connectivity index (χ1) is 16.3. The summed E-state index contributed by atoms with van der Waals surface area (Å²) < 4.78 is 2.14. The van der Waals surface area contributed by atoms with E-state index in [-0.39, 0.29) is 11.8 Å². The highest BCUT2D eigenvalue weighted by Gasteiger charge is 2.31. The number of rotatable bonds is 6. The van der Waals surface area contributed by atoms with Crippen LogP contribution in [0.15, 0.2) is 18.3 Å². The molecule has 1 saturated heterocycles. The third-order valence-corrected chi connectivity index (χ3v) is 8.15. The van der Waals surface area contributed by atoms with Crippen LogP contribution in [-0.4, -0.2) is 75.1 Å². The largest absolute Gasteiger partial charge is 0.304 e. The Labute approximate surface area is 205 Å². The van der Waals surface area contributed by atoms with E-state index >= 15 is 0 Å². The zero-order valence-corrected chi connectivity index (χ0v) is 21.7. The van der Waals surface area contributed by atoms with Gasteiger partial charge in [0.15, 0.2) is 0 Å². The van der Waals surface area contributed by atoms with Crippen molar-refractivity contribution < 1.29 is 4.79 Å². The third kappa shape index (κ3) is 4.46. The molecule has 0 aromatic carbocycles. The van der Waals surface area contributed by atoms with E-state index in [9.17, 15) is 4.79 Å². The number of piperazine rings is 1. The number of carbonyl (C=O) groups is 1. The Morgan fingerprint density at radius 3 is 2.76 bits per heavy atom. The molecular formula is C26H34N6OS. The normalized spacial score (nSPS) is 18.8. The van der Waals surface area contributed by atoms with Crippen molar-refractivity contribution in [1.82, 2.24) is 29.5 Å². The fourth-order valence-corrected chi connectivity index (χ4v) is 6.26. The van der Waals surface area contributed by atoms with Crippen LogP contribution < -0.4 is 0 Å². The Morgan fingerprint density at radius 2 is 2.03 bits per heavy atom. The maximum atomic E-state index is 13.0. The highest BCUT2D eigenvalue weighted by atomic mass is 32.1. The number of fused-ring (bicyclic) bond motifs is 3. The summed E-state index contributed by atoms with van der Waals surface area (Å²) in [6.45, 7) is 9.37. The number of ketones is 1. The van der Waals surface area contributed by atoms with Crippen LogP contribution in [0.3, 0.4) is 0 Å². The molecule has 0 N–H and O–H groups in total. The molecule has 1 unspecified atom stereocenters. The molecule has 3 aromatic heterocycles. The predicted octanol–water partition coefficient (Wildman–Crippen LogP) is 3.80. The number of aromatic nitrogens is 4. The van der Waals surface area contributed by atoms with Gasteiger partial charge in [-0.25, -0.2) is 4.98 Å². The second kappa shape index (κ2) is 9.32. The van der Waals surface area contributed by atoms with Gasteiger partial charge in [0.25, 0.3) is 0 Å². The Morgan fingerprint density at radius 1 is 1.21 bits per heavy atom. The van der Waals surface area contributed by atoms with E-state index in [2.05, 4.69) is 53.5 Å². The summed E-state index contributed by atoms with van der Waals surface area (Å²) in [5.74, 6) is 0.280. The first kappa shape index (κ1) is 23.3. The number of hydrogen-bond donors (Lipinski definition) is 0. The lowest BCUT2D eigenvalue weighted by Gasteiger charge is -2.37. The molecular weight excluding hydrogens is 444 g/mol. The number of thiazole rings is 1. The molecule has 7 nitrogen and oxygen atoms in total. The maximum absolute atomic E-state index is 13.0. The summed E-state index contributed by atoms with van der Waals surface area (Å²) in [5, 5.41) is 5.97. The van der Waals surface area contributed by atoms with E-state index in [1.807, 2.05) is 19.2 Å². The molecule has 5 rings (SSSR count). The number of Topliss-reactive ketones (excluding diaryl/α,β-unsaturated/α-hetero) is 1. The Kier molecular flexibility index (Phi) is 6.39. The molecule has 1 aliphatic heterocycles. The van der Waals surface area contributed by atoms with Gasteiger partial charge in [-0.3, -0.25) is 14.5 Å². The number of pyridine rings is 1. The van der Waals surface area contributed by atoms with E-state index in [1.165, 1.54) is 16.1 Å². The number of hydrogen-bond acceptors (Lipinski definition) is 7. The number of nitrogens with zero attached hydrogens (tertiary/aromatic N) is 6. The van der Waals surface area contributed by atoms with Crippen molar-refractivity contribution in [3.63, 3.8) is 0 Å². The van der Waals surface area contributed by atoms with Gasteiger partial charge in [-0.2, -0.15) is 5.10 Å². The van der Waals surface area contributed by atoms with Crippen LogP contribution in [0.25, 0.3) is 21.8 Å². The molecule has 1 fully saturated rings. The van der Waals surface area contributed by atoms with Gasteiger partial charge in [-0.05, 0) is 59.8 Å². The van der Waals surface area contributed by atoms with Crippen molar-refractivity contribution >= 4 is 17.1 Å². The molecule has 0 radical (unpaired) electrons. The van der Waals surface area contributed by atoms with Crippen LogP contribution in [0.1, 0.15) is 48.3 Å². The molecule has 0 amide bonds. The average Bonchev–Trinajstić information content (AvgIpc) is 3.38. The molecule has 3 aromatic rings. The Balaban J connectivity index is 1.42. The van der Waals surface area contributed by atoms with Gasteiger partial charge in [0.05, 0.1) is 28.4 Å². The number of carbonyl (C=O) groups excluding carboxylic acids is 1. The lowest BCUT2D eigenvalue weighted by Crippen LogP contribution is -2.50. The zero-order chi connectivity index (χ0) is 24.0. The first-order valence-electron chi connectivity index (χ1n) is 12.2. The lowest BCUT2D eigenvalue weighted by atomic mass is 9.95. The fraction of sp³-hybridized carbons (Fsp3) is 0.538. The van der Waals surface area contributed by atoms with E-state index in [0.29, 0.717) is 18.9 Å². The molecule has 34 heavy (non-hydrogen) atoms. The molecule has 0 saturated carbocycles. The van der Waals surface area contributed by atoms with Gasteiger partial charge in [-0.15, -0.1) is 11.3 Å². The van der Waals surface area contributed by atoms with Crippen molar-refractivity contribution in [3.05, 3.63) is 40.3 Å². The van der Waals surface area contributed by atoms with E-state index in [4.69, 9.17) is 10.1 Å².